The van der Waals surface area contributed by atoms with Gasteiger partial charge in [0.25, 0.3) is 5.88 Å². The summed E-state index contributed by atoms with van der Waals surface area (Å²) in [7, 11) is 3.91. The van der Waals surface area contributed by atoms with E-state index in [4.69, 9.17) is 9.72 Å². The molecule has 1 unspecified atom stereocenters. The first-order chi connectivity index (χ1) is 11.2. The Balaban J connectivity index is 1.83. The smallest absolute Gasteiger partial charge is 0.258 e. The van der Waals surface area contributed by atoms with Crippen LogP contribution in [0.25, 0.3) is 11.0 Å². The number of piperidine rings is 1. The third-order valence-corrected chi connectivity index (χ3v) is 4.36. The van der Waals surface area contributed by atoms with Gasteiger partial charge in [-0.05, 0) is 31.4 Å². The molecule has 23 heavy (non-hydrogen) atoms. The van der Waals surface area contributed by atoms with Crippen LogP contribution in [0.2, 0.25) is 0 Å². The molecule has 6 nitrogen and oxygen atoms in total. The summed E-state index contributed by atoms with van der Waals surface area (Å²) in [6.07, 6.45) is 5.42. The molecule has 1 atom stereocenters. The molecule has 1 fully saturated rings. The number of ether oxygens (including phenoxy) is 1. The highest BCUT2D eigenvalue weighted by atomic mass is 16.5. The van der Waals surface area contributed by atoms with Gasteiger partial charge < -0.3 is 14.5 Å². The Hall–Kier alpha value is -2.37. The molecule has 2 aliphatic heterocycles. The molecule has 1 aromatic heterocycles. The number of para-hydroxylation sites is 1. The highest BCUT2D eigenvalue weighted by molar-refractivity contribution is 5.89. The maximum absolute atomic E-state index is 5.88. The minimum absolute atomic E-state index is 0.431. The molecule has 0 bridgehead atoms. The molecule has 1 saturated heterocycles. The molecule has 1 aromatic carbocycles. The minimum atomic E-state index is 0.431. The van der Waals surface area contributed by atoms with Crippen LogP contribution in [0.5, 0.6) is 5.88 Å². The van der Waals surface area contributed by atoms with Crippen molar-refractivity contribution in [1.29, 1.82) is 0 Å². The fraction of sp³-hybridized carbons (Fsp3) is 0.471. The molecule has 0 radical (unpaired) electrons. The highest BCUT2D eigenvalue weighted by Crippen LogP contribution is 2.37. The third kappa shape index (κ3) is 2.58. The highest BCUT2D eigenvalue weighted by Gasteiger charge is 2.32. The minimum Gasteiger partial charge on any atom is -0.473 e. The summed E-state index contributed by atoms with van der Waals surface area (Å²) in [4.78, 5) is 18.4. The average molecular weight is 311 g/mol. The van der Waals surface area contributed by atoms with E-state index in [0.717, 1.165) is 29.1 Å². The lowest BCUT2D eigenvalue weighted by atomic mass is 10.0. The molecule has 0 N–H and O–H groups in total. The monoisotopic (exact) mass is 311 g/mol. The van der Waals surface area contributed by atoms with Crippen LogP contribution in [-0.2, 0) is 0 Å². The van der Waals surface area contributed by atoms with E-state index in [9.17, 15) is 0 Å². The van der Waals surface area contributed by atoms with Gasteiger partial charge in [0, 0.05) is 20.6 Å². The van der Waals surface area contributed by atoms with Crippen molar-refractivity contribution in [1.82, 2.24) is 14.9 Å². The Labute approximate surface area is 135 Å². The Morgan fingerprint density at radius 3 is 3.09 bits per heavy atom. The van der Waals surface area contributed by atoms with Crippen LogP contribution in [0.4, 0.5) is 11.5 Å². The molecule has 3 heterocycles. The van der Waals surface area contributed by atoms with E-state index in [1.54, 1.807) is 6.34 Å². The van der Waals surface area contributed by atoms with Crippen LogP contribution in [0.1, 0.15) is 19.3 Å². The topological polar surface area (TPSA) is 53.9 Å². The predicted molar refractivity (Wildman–Crippen MR) is 91.9 cm³/mol. The molecule has 0 amide bonds. The first-order valence-electron chi connectivity index (χ1n) is 8.13. The van der Waals surface area contributed by atoms with Crippen LogP contribution in [0.3, 0.4) is 0 Å². The van der Waals surface area contributed by atoms with E-state index in [1.165, 1.54) is 19.3 Å². The van der Waals surface area contributed by atoms with Gasteiger partial charge in [-0.15, -0.1) is 0 Å². The van der Waals surface area contributed by atoms with Gasteiger partial charge in [-0.25, -0.2) is 15.0 Å². The van der Waals surface area contributed by atoms with Crippen LogP contribution in [0, 0.1) is 0 Å². The molecular weight excluding hydrogens is 290 g/mol. The van der Waals surface area contributed by atoms with Crippen molar-refractivity contribution in [3.63, 3.8) is 0 Å². The first kappa shape index (κ1) is 14.2. The number of hydrogen-bond acceptors (Lipinski definition) is 5. The van der Waals surface area contributed by atoms with Gasteiger partial charge in [-0.3, -0.25) is 0 Å². The summed E-state index contributed by atoms with van der Waals surface area (Å²) in [5, 5.41) is 0. The van der Waals surface area contributed by atoms with Gasteiger partial charge in [0.05, 0.1) is 23.6 Å². The second kappa shape index (κ2) is 5.68. The number of fused-ring (bicyclic) bond motifs is 4. The lowest BCUT2D eigenvalue weighted by Gasteiger charge is -2.40. The molecule has 2 aliphatic rings. The van der Waals surface area contributed by atoms with Crippen molar-refractivity contribution in [2.75, 3.05) is 32.1 Å². The van der Waals surface area contributed by atoms with Gasteiger partial charge in [0.15, 0.2) is 5.82 Å². The van der Waals surface area contributed by atoms with Gasteiger partial charge in [0.2, 0.25) is 0 Å². The Bertz CT molecular complexity index is 758. The average Bonchev–Trinajstić information content (AvgIpc) is 2.58. The maximum Gasteiger partial charge on any atom is 0.258 e. The van der Waals surface area contributed by atoms with E-state index < -0.39 is 0 Å². The molecular formula is C17H21N5O. The van der Waals surface area contributed by atoms with Crippen LogP contribution in [0.15, 0.2) is 23.2 Å². The number of anilines is 1. The lowest BCUT2D eigenvalue weighted by Crippen LogP contribution is -2.46. The van der Waals surface area contributed by atoms with E-state index in [1.807, 2.05) is 37.2 Å². The van der Waals surface area contributed by atoms with E-state index >= 15 is 0 Å². The fourth-order valence-electron chi connectivity index (χ4n) is 3.23. The van der Waals surface area contributed by atoms with E-state index in [0.29, 0.717) is 18.5 Å². The van der Waals surface area contributed by atoms with Crippen LogP contribution in [-0.4, -0.2) is 54.5 Å². The summed E-state index contributed by atoms with van der Waals surface area (Å²) in [5.41, 5.74) is 2.50. The number of nitrogens with zero attached hydrogens (tertiary/aromatic N) is 5. The molecule has 0 saturated carbocycles. The first-order valence-corrected chi connectivity index (χ1v) is 8.13. The van der Waals surface area contributed by atoms with Crippen molar-refractivity contribution < 1.29 is 4.74 Å². The molecule has 6 heteroatoms. The Kier molecular flexibility index (Phi) is 3.52. The summed E-state index contributed by atoms with van der Waals surface area (Å²) in [6, 6.07) is 6.32. The second-order valence-electron chi connectivity index (χ2n) is 6.36. The van der Waals surface area contributed by atoms with E-state index in [-0.39, 0.29) is 0 Å². The molecule has 120 valence electrons. The van der Waals surface area contributed by atoms with Gasteiger partial charge in [-0.2, -0.15) is 0 Å². The number of hydrogen-bond donors (Lipinski definition) is 0. The van der Waals surface area contributed by atoms with Gasteiger partial charge >= 0.3 is 0 Å². The third-order valence-electron chi connectivity index (χ3n) is 4.36. The number of rotatable bonds is 2. The van der Waals surface area contributed by atoms with Crippen molar-refractivity contribution in [2.45, 2.75) is 25.3 Å². The van der Waals surface area contributed by atoms with E-state index in [2.05, 4.69) is 14.9 Å². The SMILES string of the molecule is CN(C)C=Nc1cccc2nc3c(nc12)N1CCCCC1CO3. The zero-order chi connectivity index (χ0) is 15.8. The maximum atomic E-state index is 5.88. The van der Waals surface area contributed by atoms with Crippen molar-refractivity contribution in [2.24, 2.45) is 4.99 Å². The standard InChI is InChI=1S/C17H21N5O/c1-21(2)11-18-13-7-5-8-14-15(13)20-16-17(19-14)23-10-12-6-3-4-9-22(12)16/h5,7-8,11-12H,3-4,6,9-10H2,1-2H3. The fourth-order valence-corrected chi connectivity index (χ4v) is 3.23. The second-order valence-corrected chi connectivity index (χ2v) is 6.36. The van der Waals surface area contributed by atoms with Crippen LogP contribution < -0.4 is 9.64 Å². The normalized spacial score (nSPS) is 20.3. The zero-order valence-corrected chi connectivity index (χ0v) is 13.6. The molecule has 0 aliphatic carbocycles. The van der Waals surface area contributed by atoms with Crippen molar-refractivity contribution in [3.05, 3.63) is 18.2 Å². The number of aliphatic imine (C=N–C) groups is 1. The summed E-state index contributed by atoms with van der Waals surface area (Å²) in [5.74, 6) is 1.53. The van der Waals surface area contributed by atoms with Gasteiger partial charge in [-0.1, -0.05) is 6.07 Å². The predicted octanol–water partition coefficient (Wildman–Crippen LogP) is 2.60. The number of benzene rings is 1. The molecule has 2 aromatic rings. The Morgan fingerprint density at radius 2 is 2.22 bits per heavy atom. The molecule has 4 rings (SSSR count). The van der Waals surface area contributed by atoms with Crippen molar-refractivity contribution in [3.8, 4) is 5.88 Å². The quantitative estimate of drug-likeness (QED) is 0.630. The molecule has 0 spiro atoms. The van der Waals surface area contributed by atoms with Crippen LogP contribution >= 0.6 is 0 Å². The number of aromatic nitrogens is 2. The van der Waals surface area contributed by atoms with Crippen molar-refractivity contribution >= 4 is 28.9 Å². The Morgan fingerprint density at radius 1 is 1.30 bits per heavy atom. The zero-order valence-electron chi connectivity index (χ0n) is 13.6. The largest absolute Gasteiger partial charge is 0.473 e. The summed E-state index contributed by atoms with van der Waals surface area (Å²) < 4.78 is 5.88. The van der Waals surface area contributed by atoms with Gasteiger partial charge in [0.1, 0.15) is 12.1 Å². The summed E-state index contributed by atoms with van der Waals surface area (Å²) in [6.45, 7) is 1.75. The lowest BCUT2D eigenvalue weighted by molar-refractivity contribution is 0.230. The summed E-state index contributed by atoms with van der Waals surface area (Å²) >= 11 is 0.